The minimum atomic E-state index is -0.138. The molecule has 24 heavy (non-hydrogen) atoms. The molecule has 0 radical (unpaired) electrons. The Morgan fingerprint density at radius 1 is 1.21 bits per heavy atom. The normalized spacial score (nSPS) is 10.4. The number of carbonyl (C=O) groups is 1. The van der Waals surface area contributed by atoms with Crippen LogP contribution in [-0.2, 0) is 6.54 Å². The van der Waals surface area contributed by atoms with E-state index in [-0.39, 0.29) is 5.91 Å². The van der Waals surface area contributed by atoms with E-state index < -0.39 is 0 Å². The summed E-state index contributed by atoms with van der Waals surface area (Å²) in [6.45, 7) is 0.388. The number of thioether (sulfide) groups is 1. The van der Waals surface area contributed by atoms with Gasteiger partial charge in [-0.15, -0.1) is 11.8 Å². The SMILES string of the molecule is COc1cccc(CN(C)C(=O)c2cc(SC)ccc2Cl)c1OC. The number of methoxy groups -OCH3 is 2. The van der Waals surface area contributed by atoms with Crippen LogP contribution in [0.1, 0.15) is 15.9 Å². The first-order valence-corrected chi connectivity index (χ1v) is 8.91. The van der Waals surface area contributed by atoms with E-state index in [2.05, 4.69) is 0 Å². The molecule has 0 N–H and O–H groups in total. The molecule has 2 aromatic rings. The number of para-hydroxylation sites is 1. The topological polar surface area (TPSA) is 38.8 Å². The highest BCUT2D eigenvalue weighted by molar-refractivity contribution is 7.98. The highest BCUT2D eigenvalue weighted by Crippen LogP contribution is 2.32. The number of benzene rings is 2. The molecule has 6 heteroatoms. The number of hydrogen-bond donors (Lipinski definition) is 0. The quantitative estimate of drug-likeness (QED) is 0.713. The molecular weight excluding hydrogens is 346 g/mol. The zero-order valence-electron chi connectivity index (χ0n) is 14.1. The van der Waals surface area contributed by atoms with Gasteiger partial charge in [-0.3, -0.25) is 4.79 Å². The van der Waals surface area contributed by atoms with E-state index in [1.54, 1.807) is 44.0 Å². The fraction of sp³-hybridized carbons (Fsp3) is 0.278. The van der Waals surface area contributed by atoms with E-state index in [1.807, 2.05) is 36.6 Å². The van der Waals surface area contributed by atoms with Crippen LogP contribution in [0.2, 0.25) is 5.02 Å². The molecule has 0 fully saturated rings. The third kappa shape index (κ3) is 3.97. The fourth-order valence-corrected chi connectivity index (χ4v) is 3.04. The highest BCUT2D eigenvalue weighted by atomic mass is 35.5. The highest BCUT2D eigenvalue weighted by Gasteiger charge is 2.18. The van der Waals surface area contributed by atoms with E-state index in [0.717, 1.165) is 10.5 Å². The fourth-order valence-electron chi connectivity index (χ4n) is 2.41. The predicted octanol–water partition coefficient (Wildman–Crippen LogP) is 4.35. The third-order valence-electron chi connectivity index (χ3n) is 3.64. The van der Waals surface area contributed by atoms with Gasteiger partial charge < -0.3 is 14.4 Å². The van der Waals surface area contributed by atoms with Gasteiger partial charge >= 0.3 is 0 Å². The summed E-state index contributed by atoms with van der Waals surface area (Å²) >= 11 is 7.77. The Morgan fingerprint density at radius 2 is 1.96 bits per heavy atom. The van der Waals surface area contributed by atoms with E-state index in [0.29, 0.717) is 28.6 Å². The summed E-state index contributed by atoms with van der Waals surface area (Å²) in [5.74, 6) is 1.13. The van der Waals surface area contributed by atoms with E-state index >= 15 is 0 Å². The van der Waals surface area contributed by atoms with Crippen molar-refractivity contribution in [2.45, 2.75) is 11.4 Å². The Morgan fingerprint density at radius 3 is 2.58 bits per heavy atom. The monoisotopic (exact) mass is 365 g/mol. The van der Waals surface area contributed by atoms with Gasteiger partial charge in [0.25, 0.3) is 5.91 Å². The molecule has 2 aromatic carbocycles. The van der Waals surface area contributed by atoms with Crippen molar-refractivity contribution in [1.29, 1.82) is 0 Å². The first kappa shape index (κ1) is 18.5. The van der Waals surface area contributed by atoms with Crippen molar-refractivity contribution < 1.29 is 14.3 Å². The lowest BCUT2D eigenvalue weighted by atomic mass is 10.1. The zero-order valence-corrected chi connectivity index (χ0v) is 15.7. The lowest BCUT2D eigenvalue weighted by Gasteiger charge is -2.20. The van der Waals surface area contributed by atoms with Crippen molar-refractivity contribution in [2.24, 2.45) is 0 Å². The van der Waals surface area contributed by atoms with Gasteiger partial charge in [-0.2, -0.15) is 0 Å². The number of amides is 1. The molecule has 1 amide bonds. The summed E-state index contributed by atoms with van der Waals surface area (Å²) in [5.41, 5.74) is 1.36. The van der Waals surface area contributed by atoms with Crippen LogP contribution in [-0.4, -0.2) is 38.3 Å². The minimum absolute atomic E-state index is 0.138. The van der Waals surface area contributed by atoms with Crippen LogP contribution < -0.4 is 9.47 Å². The van der Waals surface area contributed by atoms with Crippen molar-refractivity contribution in [2.75, 3.05) is 27.5 Å². The molecule has 0 heterocycles. The third-order valence-corrected chi connectivity index (χ3v) is 4.70. The first-order chi connectivity index (χ1) is 11.5. The molecule has 0 atom stereocenters. The summed E-state index contributed by atoms with van der Waals surface area (Å²) < 4.78 is 10.7. The number of halogens is 1. The van der Waals surface area contributed by atoms with Gasteiger partial charge in [-0.05, 0) is 30.5 Å². The van der Waals surface area contributed by atoms with Crippen molar-refractivity contribution in [3.63, 3.8) is 0 Å². The number of nitrogens with zero attached hydrogens (tertiary/aromatic N) is 1. The maximum absolute atomic E-state index is 12.8. The maximum atomic E-state index is 12.8. The van der Waals surface area contributed by atoms with E-state index in [4.69, 9.17) is 21.1 Å². The molecule has 2 rings (SSSR count). The molecular formula is C18H20ClNO3S. The number of hydrogen-bond acceptors (Lipinski definition) is 4. The first-order valence-electron chi connectivity index (χ1n) is 7.30. The van der Waals surface area contributed by atoms with E-state index in [9.17, 15) is 4.79 Å². The Kier molecular flexibility index (Phi) is 6.40. The molecule has 0 aromatic heterocycles. The molecule has 128 valence electrons. The number of ether oxygens (including phenoxy) is 2. The average molecular weight is 366 g/mol. The van der Waals surface area contributed by atoms with Gasteiger partial charge in [0.1, 0.15) is 0 Å². The molecule has 0 saturated carbocycles. The van der Waals surface area contributed by atoms with Crippen LogP contribution in [0.5, 0.6) is 11.5 Å². The van der Waals surface area contributed by atoms with E-state index in [1.165, 1.54) is 0 Å². The second-order valence-electron chi connectivity index (χ2n) is 5.16. The second-order valence-corrected chi connectivity index (χ2v) is 6.45. The van der Waals surface area contributed by atoms with Crippen molar-refractivity contribution in [3.8, 4) is 11.5 Å². The molecule has 0 spiro atoms. The average Bonchev–Trinajstić information content (AvgIpc) is 2.61. The van der Waals surface area contributed by atoms with Crippen LogP contribution >= 0.6 is 23.4 Å². The van der Waals surface area contributed by atoms with Gasteiger partial charge in [-0.25, -0.2) is 0 Å². The van der Waals surface area contributed by atoms with Crippen molar-refractivity contribution >= 4 is 29.3 Å². The largest absolute Gasteiger partial charge is 0.493 e. The molecule has 0 aliphatic carbocycles. The van der Waals surface area contributed by atoms with Gasteiger partial charge in [-0.1, -0.05) is 23.7 Å². The van der Waals surface area contributed by atoms with Crippen molar-refractivity contribution in [3.05, 3.63) is 52.5 Å². The van der Waals surface area contributed by atoms with Crippen LogP contribution in [0.15, 0.2) is 41.3 Å². The molecule has 0 unspecified atom stereocenters. The Bertz CT molecular complexity index is 736. The summed E-state index contributed by atoms with van der Waals surface area (Å²) in [4.78, 5) is 15.4. The predicted molar refractivity (Wildman–Crippen MR) is 98.6 cm³/mol. The summed E-state index contributed by atoms with van der Waals surface area (Å²) in [6, 6.07) is 11.1. The Balaban J connectivity index is 2.27. The van der Waals surface area contributed by atoms with Crippen molar-refractivity contribution in [1.82, 2.24) is 4.90 Å². The van der Waals surface area contributed by atoms with Gasteiger partial charge in [0.05, 0.1) is 24.8 Å². The molecule has 0 bridgehead atoms. The summed E-state index contributed by atoms with van der Waals surface area (Å²) in [7, 11) is 4.91. The number of carbonyl (C=O) groups excluding carboxylic acids is 1. The van der Waals surface area contributed by atoms with Crippen LogP contribution in [0.25, 0.3) is 0 Å². The Labute approximate surface area is 151 Å². The molecule has 0 aliphatic rings. The standard InChI is InChI=1S/C18H20ClNO3S/c1-20(11-12-6-5-7-16(22-2)17(12)23-3)18(21)14-10-13(24-4)8-9-15(14)19/h5-10H,11H2,1-4H3. The minimum Gasteiger partial charge on any atom is -0.493 e. The van der Waals surface area contributed by atoms with Gasteiger partial charge in [0.2, 0.25) is 0 Å². The summed E-state index contributed by atoms with van der Waals surface area (Å²) in [5, 5.41) is 0.447. The van der Waals surface area contributed by atoms with Crippen LogP contribution in [0, 0.1) is 0 Å². The molecule has 4 nitrogen and oxygen atoms in total. The van der Waals surface area contributed by atoms with Crippen LogP contribution in [0.3, 0.4) is 0 Å². The lowest BCUT2D eigenvalue weighted by Crippen LogP contribution is -2.26. The number of rotatable bonds is 6. The lowest BCUT2D eigenvalue weighted by molar-refractivity contribution is 0.0784. The molecule has 0 saturated heterocycles. The zero-order chi connectivity index (χ0) is 17.7. The maximum Gasteiger partial charge on any atom is 0.255 e. The second kappa shape index (κ2) is 8.31. The smallest absolute Gasteiger partial charge is 0.255 e. The molecule has 0 aliphatic heterocycles. The Hall–Kier alpha value is -1.85. The van der Waals surface area contributed by atoms with Crippen LogP contribution in [0.4, 0.5) is 0 Å². The van der Waals surface area contributed by atoms with Gasteiger partial charge in [0.15, 0.2) is 11.5 Å². The summed E-state index contributed by atoms with van der Waals surface area (Å²) in [6.07, 6.45) is 1.96. The van der Waals surface area contributed by atoms with Gasteiger partial charge in [0, 0.05) is 24.1 Å².